The third-order valence-electron chi connectivity index (χ3n) is 3.51. The van der Waals surface area contributed by atoms with Crippen LogP contribution in [0.3, 0.4) is 0 Å². The molecule has 100 valence electrons. The minimum Gasteiger partial charge on any atom is -0.382 e. The largest absolute Gasteiger partial charge is 0.382 e. The number of hydrogen-bond acceptors (Lipinski definition) is 3. The summed E-state index contributed by atoms with van der Waals surface area (Å²) in [4.78, 5) is 11.9. The quantitative estimate of drug-likeness (QED) is 0.864. The topological polar surface area (TPSA) is 46.9 Å². The summed E-state index contributed by atoms with van der Waals surface area (Å²) in [5, 5.41) is 7.59. The second kappa shape index (κ2) is 6.23. The molecular formula is C13H20ClN3O. The summed E-state index contributed by atoms with van der Waals surface area (Å²) in [6.45, 7) is 3.48. The van der Waals surface area contributed by atoms with Crippen LogP contribution in [0.1, 0.15) is 39.0 Å². The van der Waals surface area contributed by atoms with Gasteiger partial charge in [0.25, 0.3) is 5.56 Å². The smallest absolute Gasteiger partial charge is 0.287 e. The van der Waals surface area contributed by atoms with Crippen LogP contribution < -0.4 is 10.9 Å². The molecule has 0 spiro atoms. The highest BCUT2D eigenvalue weighted by Gasteiger charge is 2.17. The molecule has 0 atom stereocenters. The zero-order valence-corrected chi connectivity index (χ0v) is 11.5. The van der Waals surface area contributed by atoms with E-state index in [4.69, 9.17) is 11.6 Å². The second-order valence-electron chi connectivity index (χ2n) is 4.91. The normalized spacial score (nSPS) is 15.4. The highest BCUT2D eigenvalue weighted by molar-refractivity contribution is 6.32. The lowest BCUT2D eigenvalue weighted by Gasteiger charge is -2.25. The fraction of sp³-hybridized carbons (Fsp3) is 0.692. The van der Waals surface area contributed by atoms with Crippen LogP contribution in [0.15, 0.2) is 11.0 Å². The predicted octanol–water partition coefficient (Wildman–Crippen LogP) is 2.91. The van der Waals surface area contributed by atoms with Gasteiger partial charge in [0.15, 0.2) is 0 Å². The summed E-state index contributed by atoms with van der Waals surface area (Å²) in [6, 6.07) is 0. The maximum atomic E-state index is 11.9. The molecule has 1 fully saturated rings. The molecule has 18 heavy (non-hydrogen) atoms. The maximum Gasteiger partial charge on any atom is 0.287 e. The van der Waals surface area contributed by atoms with Gasteiger partial charge in [-0.05, 0) is 18.8 Å². The molecule has 0 aliphatic heterocycles. The van der Waals surface area contributed by atoms with Gasteiger partial charge < -0.3 is 5.32 Å². The van der Waals surface area contributed by atoms with Crippen LogP contribution in [0, 0.1) is 5.92 Å². The molecule has 0 radical (unpaired) electrons. The van der Waals surface area contributed by atoms with E-state index in [0.29, 0.717) is 12.2 Å². The summed E-state index contributed by atoms with van der Waals surface area (Å²) in [5.74, 6) is 0.852. The van der Waals surface area contributed by atoms with Crippen molar-refractivity contribution in [1.29, 1.82) is 0 Å². The minimum atomic E-state index is -0.202. The van der Waals surface area contributed by atoms with Crippen molar-refractivity contribution < 1.29 is 0 Å². The zero-order valence-electron chi connectivity index (χ0n) is 10.8. The lowest BCUT2D eigenvalue weighted by molar-refractivity contribution is 0.303. The molecule has 4 nitrogen and oxygen atoms in total. The van der Waals surface area contributed by atoms with Crippen LogP contribution in [0.2, 0.25) is 5.02 Å². The Balaban J connectivity index is 1.95. The first-order valence-electron chi connectivity index (χ1n) is 6.72. The number of halogens is 1. The molecule has 1 aromatic heterocycles. The van der Waals surface area contributed by atoms with E-state index in [1.54, 1.807) is 6.20 Å². The molecule has 1 heterocycles. The Bertz CT molecular complexity index is 454. The number of aryl methyl sites for hydroxylation is 1. The van der Waals surface area contributed by atoms with Crippen molar-refractivity contribution in [2.75, 3.05) is 11.9 Å². The van der Waals surface area contributed by atoms with Crippen LogP contribution in [-0.4, -0.2) is 16.3 Å². The predicted molar refractivity (Wildman–Crippen MR) is 74.2 cm³/mol. The molecule has 0 bridgehead atoms. The van der Waals surface area contributed by atoms with E-state index in [1.165, 1.54) is 23.9 Å². The first-order chi connectivity index (χ1) is 8.72. The van der Waals surface area contributed by atoms with Crippen molar-refractivity contribution in [2.24, 2.45) is 5.92 Å². The fourth-order valence-electron chi connectivity index (χ4n) is 2.15. The third kappa shape index (κ3) is 3.05. The molecule has 1 aliphatic rings. The van der Waals surface area contributed by atoms with Crippen LogP contribution >= 0.6 is 11.6 Å². The van der Waals surface area contributed by atoms with Gasteiger partial charge in [0.1, 0.15) is 5.02 Å². The highest BCUT2D eigenvalue weighted by atomic mass is 35.5. The van der Waals surface area contributed by atoms with Crippen molar-refractivity contribution >= 4 is 17.3 Å². The Kier molecular flexibility index (Phi) is 4.64. The number of nitrogens with zero attached hydrogens (tertiary/aromatic N) is 2. The molecule has 5 heteroatoms. The molecule has 1 N–H and O–H groups in total. The van der Waals surface area contributed by atoms with E-state index in [9.17, 15) is 4.79 Å². The SMILES string of the molecule is CCCn1ncc(NCCC2CCC2)c(Cl)c1=O. The van der Waals surface area contributed by atoms with E-state index in [2.05, 4.69) is 10.4 Å². The van der Waals surface area contributed by atoms with Crippen LogP contribution in [0.25, 0.3) is 0 Å². The standard InChI is InChI=1S/C13H20ClN3O/c1-2-8-17-13(18)12(14)11(9-16-17)15-7-6-10-4-3-5-10/h9-10,15H,2-8H2,1H3. The van der Waals surface area contributed by atoms with Crippen molar-refractivity contribution in [3.05, 3.63) is 21.6 Å². The van der Waals surface area contributed by atoms with Gasteiger partial charge in [-0.15, -0.1) is 0 Å². The third-order valence-corrected chi connectivity index (χ3v) is 3.88. The molecular weight excluding hydrogens is 250 g/mol. The monoisotopic (exact) mass is 269 g/mol. The van der Waals surface area contributed by atoms with Crippen molar-refractivity contribution in [2.45, 2.75) is 45.6 Å². The van der Waals surface area contributed by atoms with E-state index in [0.717, 1.165) is 25.3 Å². The summed E-state index contributed by atoms with van der Waals surface area (Å²) in [7, 11) is 0. The number of anilines is 1. The maximum absolute atomic E-state index is 11.9. The summed E-state index contributed by atoms with van der Waals surface area (Å²) >= 11 is 6.06. The van der Waals surface area contributed by atoms with Crippen LogP contribution in [0.5, 0.6) is 0 Å². The van der Waals surface area contributed by atoms with Gasteiger partial charge in [-0.3, -0.25) is 4.79 Å². The Morgan fingerprint density at radius 2 is 2.33 bits per heavy atom. The summed E-state index contributed by atoms with van der Waals surface area (Å²) < 4.78 is 1.42. The molecule has 1 aromatic rings. The first-order valence-corrected chi connectivity index (χ1v) is 7.09. The summed E-state index contributed by atoms with van der Waals surface area (Å²) in [6.07, 6.45) is 7.71. The van der Waals surface area contributed by atoms with Gasteiger partial charge in [0.05, 0.1) is 11.9 Å². The van der Waals surface area contributed by atoms with E-state index < -0.39 is 0 Å². The minimum absolute atomic E-state index is 0.202. The number of hydrogen-bond donors (Lipinski definition) is 1. The van der Waals surface area contributed by atoms with Gasteiger partial charge in [-0.25, -0.2) is 4.68 Å². The molecule has 1 aliphatic carbocycles. The van der Waals surface area contributed by atoms with E-state index in [1.807, 2.05) is 6.92 Å². The van der Waals surface area contributed by atoms with E-state index >= 15 is 0 Å². The van der Waals surface area contributed by atoms with Gasteiger partial charge in [-0.2, -0.15) is 5.10 Å². The second-order valence-corrected chi connectivity index (χ2v) is 5.29. The lowest BCUT2D eigenvalue weighted by Crippen LogP contribution is -2.24. The molecule has 0 unspecified atom stereocenters. The summed E-state index contributed by atoms with van der Waals surface area (Å²) in [5.41, 5.74) is 0.459. The highest BCUT2D eigenvalue weighted by Crippen LogP contribution is 2.29. The zero-order chi connectivity index (χ0) is 13.0. The van der Waals surface area contributed by atoms with Crippen molar-refractivity contribution in [1.82, 2.24) is 9.78 Å². The van der Waals surface area contributed by atoms with Gasteiger partial charge in [-0.1, -0.05) is 37.8 Å². The average molecular weight is 270 g/mol. The average Bonchev–Trinajstić information content (AvgIpc) is 2.31. The van der Waals surface area contributed by atoms with Gasteiger partial charge in [0.2, 0.25) is 0 Å². The van der Waals surface area contributed by atoms with E-state index in [-0.39, 0.29) is 10.6 Å². The number of aromatic nitrogens is 2. The van der Waals surface area contributed by atoms with Crippen molar-refractivity contribution in [3.63, 3.8) is 0 Å². The Labute approximate surface area is 112 Å². The molecule has 0 aromatic carbocycles. The Morgan fingerprint density at radius 1 is 1.56 bits per heavy atom. The molecule has 1 saturated carbocycles. The van der Waals surface area contributed by atoms with Crippen LogP contribution in [0.4, 0.5) is 5.69 Å². The number of nitrogens with one attached hydrogen (secondary N) is 1. The lowest BCUT2D eigenvalue weighted by atomic mass is 9.83. The van der Waals surface area contributed by atoms with Crippen molar-refractivity contribution in [3.8, 4) is 0 Å². The van der Waals surface area contributed by atoms with Gasteiger partial charge in [0, 0.05) is 13.1 Å². The Hall–Kier alpha value is -1.03. The Morgan fingerprint density at radius 3 is 2.94 bits per heavy atom. The van der Waals surface area contributed by atoms with Gasteiger partial charge >= 0.3 is 0 Å². The fourth-order valence-corrected chi connectivity index (χ4v) is 2.36. The first kappa shape index (κ1) is 13.4. The molecule has 0 amide bonds. The molecule has 2 rings (SSSR count). The van der Waals surface area contributed by atoms with Crippen LogP contribution in [-0.2, 0) is 6.54 Å². The number of rotatable bonds is 6. The molecule has 0 saturated heterocycles.